The average molecular weight is 415 g/mol. The molecule has 2 aromatic heterocycles. The maximum absolute atomic E-state index is 13.3. The third-order valence-corrected chi connectivity index (χ3v) is 5.69. The molecular weight excluding hydrogens is 388 g/mol. The van der Waals surface area contributed by atoms with E-state index in [2.05, 4.69) is 10.1 Å². The molecule has 2 unspecified atom stereocenters. The fourth-order valence-electron chi connectivity index (χ4n) is 3.90. The molecule has 0 spiro atoms. The van der Waals surface area contributed by atoms with Crippen LogP contribution in [-0.4, -0.2) is 24.4 Å². The lowest BCUT2D eigenvalue weighted by atomic mass is 9.97. The Kier molecular flexibility index (Phi) is 5.57. The summed E-state index contributed by atoms with van der Waals surface area (Å²) in [4.78, 5) is 17.6. The van der Waals surface area contributed by atoms with E-state index in [1.807, 2.05) is 80.1 Å². The Morgan fingerprint density at radius 1 is 0.968 bits per heavy atom. The lowest BCUT2D eigenvalue weighted by Crippen LogP contribution is -2.31. The smallest absolute Gasteiger partial charge is 0.273 e. The Hall–Kier alpha value is -3.51. The third kappa shape index (κ3) is 3.94. The van der Waals surface area contributed by atoms with Gasteiger partial charge in [0.15, 0.2) is 0 Å². The topological polar surface area (TPSA) is 72.9 Å². The van der Waals surface area contributed by atoms with Gasteiger partial charge in [0, 0.05) is 11.9 Å². The number of nitrogens with zero attached hydrogens (tertiary/aromatic N) is 4. The highest BCUT2D eigenvalue weighted by Gasteiger charge is 2.22. The SMILES string of the molecule is Cc1cn(-c2ccc(C(O)c3c(C)cnn(C(C)c4ccccc4)c3=O)cc2C)cn1. The molecule has 4 aromatic rings. The predicted octanol–water partition coefficient (Wildman–Crippen LogP) is 4.05. The number of imidazole rings is 1. The van der Waals surface area contributed by atoms with Crippen LogP contribution in [-0.2, 0) is 0 Å². The first-order chi connectivity index (χ1) is 14.9. The first kappa shape index (κ1) is 20.8. The van der Waals surface area contributed by atoms with E-state index in [0.717, 1.165) is 22.5 Å². The summed E-state index contributed by atoms with van der Waals surface area (Å²) in [5.41, 5.74) is 5.29. The molecule has 0 aliphatic carbocycles. The molecule has 0 bridgehead atoms. The first-order valence-electron chi connectivity index (χ1n) is 10.3. The molecule has 2 aromatic carbocycles. The van der Waals surface area contributed by atoms with Crippen LogP contribution in [0.1, 0.15) is 52.6 Å². The second kappa shape index (κ2) is 8.32. The van der Waals surface area contributed by atoms with Crippen LogP contribution in [0.2, 0.25) is 0 Å². The highest BCUT2D eigenvalue weighted by atomic mass is 16.3. The van der Waals surface area contributed by atoms with Gasteiger partial charge >= 0.3 is 0 Å². The Morgan fingerprint density at radius 3 is 2.35 bits per heavy atom. The Bertz CT molecular complexity index is 1270. The fraction of sp³-hybridized carbons (Fsp3) is 0.240. The zero-order valence-electron chi connectivity index (χ0n) is 18.1. The standard InChI is InChI=1S/C25H26N4O2/c1-16-12-21(10-11-22(16)28-14-18(3)26-15-28)24(30)23-17(2)13-27-29(25(23)31)19(4)20-8-6-5-7-9-20/h5-15,19,24,30H,1-4H3. The van der Waals surface area contributed by atoms with E-state index < -0.39 is 6.10 Å². The van der Waals surface area contributed by atoms with Crippen LogP contribution in [0, 0.1) is 20.8 Å². The summed E-state index contributed by atoms with van der Waals surface area (Å²) in [5.74, 6) is 0. The van der Waals surface area contributed by atoms with E-state index in [1.165, 1.54) is 4.68 Å². The van der Waals surface area contributed by atoms with E-state index in [1.54, 1.807) is 19.4 Å². The van der Waals surface area contributed by atoms with Crippen molar-refractivity contribution in [3.05, 3.63) is 111 Å². The van der Waals surface area contributed by atoms with Crippen molar-refractivity contribution >= 4 is 0 Å². The van der Waals surface area contributed by atoms with Crippen molar-refractivity contribution in [2.75, 3.05) is 0 Å². The van der Waals surface area contributed by atoms with Crippen LogP contribution in [0.4, 0.5) is 0 Å². The van der Waals surface area contributed by atoms with E-state index in [9.17, 15) is 9.90 Å². The van der Waals surface area contributed by atoms with Crippen LogP contribution in [0.15, 0.2) is 72.0 Å². The van der Waals surface area contributed by atoms with Crippen LogP contribution in [0.25, 0.3) is 5.69 Å². The summed E-state index contributed by atoms with van der Waals surface area (Å²) in [7, 11) is 0. The second-order valence-corrected chi connectivity index (χ2v) is 7.95. The summed E-state index contributed by atoms with van der Waals surface area (Å²) >= 11 is 0. The molecule has 0 aliphatic rings. The molecule has 6 nitrogen and oxygen atoms in total. The minimum absolute atomic E-state index is 0.242. The Balaban J connectivity index is 1.73. The molecule has 0 saturated carbocycles. The van der Waals surface area contributed by atoms with Gasteiger partial charge in [-0.05, 0) is 56.0 Å². The largest absolute Gasteiger partial charge is 0.383 e. The van der Waals surface area contributed by atoms with Gasteiger partial charge in [-0.15, -0.1) is 0 Å². The van der Waals surface area contributed by atoms with Crippen molar-refractivity contribution in [1.82, 2.24) is 19.3 Å². The lowest BCUT2D eigenvalue weighted by molar-refractivity contribution is 0.216. The molecular formula is C25H26N4O2. The van der Waals surface area contributed by atoms with E-state index in [-0.39, 0.29) is 11.6 Å². The van der Waals surface area contributed by atoms with Gasteiger partial charge < -0.3 is 9.67 Å². The van der Waals surface area contributed by atoms with E-state index in [4.69, 9.17) is 0 Å². The molecule has 2 atom stereocenters. The summed E-state index contributed by atoms with van der Waals surface area (Å²) in [6.07, 6.45) is 4.33. The van der Waals surface area contributed by atoms with Crippen LogP contribution in [0.5, 0.6) is 0 Å². The van der Waals surface area contributed by atoms with Gasteiger partial charge in [0.05, 0.1) is 29.8 Å². The molecule has 0 radical (unpaired) electrons. The molecule has 158 valence electrons. The van der Waals surface area contributed by atoms with Crippen molar-refractivity contribution in [3.8, 4) is 5.69 Å². The Morgan fingerprint density at radius 2 is 1.71 bits per heavy atom. The van der Waals surface area contributed by atoms with Gasteiger partial charge in [-0.3, -0.25) is 4.79 Å². The normalized spacial score (nSPS) is 13.2. The Labute approximate surface area is 181 Å². The maximum Gasteiger partial charge on any atom is 0.273 e. The molecule has 1 N–H and O–H groups in total. The lowest BCUT2D eigenvalue weighted by Gasteiger charge is -2.19. The molecule has 2 heterocycles. The summed E-state index contributed by atoms with van der Waals surface area (Å²) < 4.78 is 3.39. The molecule has 0 saturated heterocycles. The van der Waals surface area contributed by atoms with Crippen molar-refractivity contribution < 1.29 is 5.11 Å². The van der Waals surface area contributed by atoms with Gasteiger partial charge in [-0.25, -0.2) is 9.67 Å². The van der Waals surface area contributed by atoms with Crippen molar-refractivity contribution in [2.24, 2.45) is 0 Å². The summed E-state index contributed by atoms with van der Waals surface area (Å²) in [6.45, 7) is 7.66. The molecule has 0 aliphatic heterocycles. The molecule has 6 heteroatoms. The third-order valence-electron chi connectivity index (χ3n) is 5.69. The van der Waals surface area contributed by atoms with Crippen molar-refractivity contribution in [2.45, 2.75) is 39.8 Å². The molecule has 0 fully saturated rings. The van der Waals surface area contributed by atoms with Gasteiger partial charge in [0.2, 0.25) is 0 Å². The quantitative estimate of drug-likeness (QED) is 0.535. The van der Waals surface area contributed by atoms with E-state index in [0.29, 0.717) is 16.7 Å². The number of aliphatic hydroxyl groups is 1. The van der Waals surface area contributed by atoms with Crippen LogP contribution >= 0.6 is 0 Å². The maximum atomic E-state index is 13.3. The number of aromatic nitrogens is 4. The van der Waals surface area contributed by atoms with Gasteiger partial charge in [-0.1, -0.05) is 42.5 Å². The monoisotopic (exact) mass is 414 g/mol. The van der Waals surface area contributed by atoms with Gasteiger partial charge in [0.1, 0.15) is 6.10 Å². The number of rotatable bonds is 5. The highest BCUT2D eigenvalue weighted by Crippen LogP contribution is 2.26. The van der Waals surface area contributed by atoms with E-state index >= 15 is 0 Å². The second-order valence-electron chi connectivity index (χ2n) is 7.95. The first-order valence-corrected chi connectivity index (χ1v) is 10.3. The highest BCUT2D eigenvalue weighted by molar-refractivity contribution is 5.45. The number of hydrogen-bond acceptors (Lipinski definition) is 4. The molecule has 4 rings (SSSR count). The number of hydrogen-bond donors (Lipinski definition) is 1. The average Bonchev–Trinajstić information content (AvgIpc) is 3.19. The molecule has 0 amide bonds. The number of aryl methyl sites for hydroxylation is 3. The van der Waals surface area contributed by atoms with Crippen molar-refractivity contribution in [3.63, 3.8) is 0 Å². The zero-order valence-corrected chi connectivity index (χ0v) is 18.1. The summed E-state index contributed by atoms with van der Waals surface area (Å²) in [6, 6.07) is 15.2. The molecule has 31 heavy (non-hydrogen) atoms. The predicted molar refractivity (Wildman–Crippen MR) is 121 cm³/mol. The summed E-state index contributed by atoms with van der Waals surface area (Å²) in [5, 5.41) is 15.5. The fourth-order valence-corrected chi connectivity index (χ4v) is 3.90. The minimum atomic E-state index is -1.04. The minimum Gasteiger partial charge on any atom is -0.383 e. The zero-order chi connectivity index (χ0) is 22.1. The number of aliphatic hydroxyl groups excluding tert-OH is 1. The van der Waals surface area contributed by atoms with Gasteiger partial charge in [0.25, 0.3) is 5.56 Å². The van der Waals surface area contributed by atoms with Crippen molar-refractivity contribution in [1.29, 1.82) is 0 Å². The van der Waals surface area contributed by atoms with Crippen LogP contribution < -0.4 is 5.56 Å². The van der Waals surface area contributed by atoms with Crippen LogP contribution in [0.3, 0.4) is 0 Å². The number of benzene rings is 2. The van der Waals surface area contributed by atoms with Gasteiger partial charge in [-0.2, -0.15) is 5.10 Å².